The number of hydrogen-bond donors (Lipinski definition) is 2. The van der Waals surface area contributed by atoms with Gasteiger partial charge in [-0.1, -0.05) is 35.5 Å². The molecule has 1 aromatic heterocycles. The van der Waals surface area contributed by atoms with Gasteiger partial charge in [0.25, 0.3) is 0 Å². The molecule has 0 bridgehead atoms. The minimum Gasteiger partial charge on any atom is -0.378 e. The molecule has 0 spiro atoms. The number of nitrogens with zero attached hydrogens (tertiary/aromatic N) is 2. The van der Waals surface area contributed by atoms with Gasteiger partial charge in [0, 0.05) is 42.7 Å². The molecule has 2 heterocycles. The largest absolute Gasteiger partial charge is 0.378 e. The summed E-state index contributed by atoms with van der Waals surface area (Å²) in [6, 6.07) is 20.3. The first-order chi connectivity index (χ1) is 13.5. The third-order valence-corrected chi connectivity index (χ3v) is 5.08. The molecule has 0 saturated carbocycles. The van der Waals surface area contributed by atoms with E-state index in [1.165, 1.54) is 0 Å². The second-order valence-corrected chi connectivity index (χ2v) is 7.41. The Hall–Kier alpha value is -3.12. The molecule has 0 amide bonds. The average Bonchev–Trinajstić information content (AvgIpc) is 3.17. The molecular weight excluding hydrogens is 368 g/mol. The number of benzene rings is 2. The van der Waals surface area contributed by atoms with Gasteiger partial charge in [-0.25, -0.2) is 0 Å². The van der Waals surface area contributed by atoms with Crippen molar-refractivity contribution in [3.05, 3.63) is 77.6 Å². The van der Waals surface area contributed by atoms with Crippen LogP contribution in [0.25, 0.3) is 16.9 Å². The predicted molar refractivity (Wildman–Crippen MR) is 117 cm³/mol. The smallest absolute Gasteiger partial charge is 0.171 e. The van der Waals surface area contributed by atoms with Crippen molar-refractivity contribution in [2.45, 2.75) is 13.0 Å². The van der Waals surface area contributed by atoms with E-state index in [0.717, 1.165) is 39.5 Å². The van der Waals surface area contributed by atoms with Crippen LogP contribution in [-0.2, 0) is 0 Å². The van der Waals surface area contributed by atoms with Crippen molar-refractivity contribution in [3.63, 3.8) is 0 Å². The van der Waals surface area contributed by atoms with E-state index in [-0.39, 0.29) is 6.04 Å². The van der Waals surface area contributed by atoms with Crippen molar-refractivity contribution in [1.29, 1.82) is 0 Å². The van der Waals surface area contributed by atoms with Crippen LogP contribution in [0.2, 0.25) is 0 Å². The molecule has 0 saturated heterocycles. The lowest BCUT2D eigenvalue weighted by molar-refractivity contribution is 0.429. The Labute approximate surface area is 170 Å². The summed E-state index contributed by atoms with van der Waals surface area (Å²) in [5, 5.41) is 11.5. The van der Waals surface area contributed by atoms with Crippen LogP contribution in [0.1, 0.15) is 24.2 Å². The highest BCUT2D eigenvalue weighted by Gasteiger charge is 2.28. The van der Waals surface area contributed by atoms with Crippen molar-refractivity contribution >= 4 is 28.6 Å². The summed E-state index contributed by atoms with van der Waals surface area (Å²) in [5.41, 5.74) is 6.05. The van der Waals surface area contributed by atoms with Crippen LogP contribution < -0.4 is 15.5 Å². The first kappa shape index (κ1) is 18.3. The van der Waals surface area contributed by atoms with Gasteiger partial charge in [0.15, 0.2) is 10.9 Å². The van der Waals surface area contributed by atoms with Gasteiger partial charge >= 0.3 is 0 Å². The highest BCUT2D eigenvalue weighted by molar-refractivity contribution is 7.80. The summed E-state index contributed by atoms with van der Waals surface area (Å²) in [7, 11) is 4.04. The Morgan fingerprint density at radius 2 is 1.75 bits per heavy atom. The van der Waals surface area contributed by atoms with Crippen molar-refractivity contribution in [3.8, 4) is 11.3 Å². The van der Waals surface area contributed by atoms with Gasteiger partial charge < -0.3 is 20.1 Å². The van der Waals surface area contributed by atoms with E-state index in [4.69, 9.17) is 16.7 Å². The summed E-state index contributed by atoms with van der Waals surface area (Å²) in [4.78, 5) is 2.07. The Kier molecular flexibility index (Phi) is 4.88. The second kappa shape index (κ2) is 7.48. The normalized spacial score (nSPS) is 16.5. The van der Waals surface area contributed by atoms with Crippen LogP contribution in [0, 0.1) is 0 Å². The predicted octanol–water partition coefficient (Wildman–Crippen LogP) is 4.36. The van der Waals surface area contributed by atoms with E-state index in [9.17, 15) is 0 Å². The SMILES string of the molecule is CC1=C(c2cc(-c3ccc(N(C)C)cc3)on2)C(c2ccccc2)NC(=S)N1. The lowest BCUT2D eigenvalue weighted by atomic mass is 9.93. The van der Waals surface area contributed by atoms with Gasteiger partial charge in [0.2, 0.25) is 0 Å². The Morgan fingerprint density at radius 1 is 1.04 bits per heavy atom. The third kappa shape index (κ3) is 3.51. The van der Waals surface area contributed by atoms with Gasteiger partial charge in [-0.05, 0) is 49.0 Å². The van der Waals surface area contributed by atoms with E-state index in [1.54, 1.807) is 0 Å². The van der Waals surface area contributed by atoms with Crippen LogP contribution in [-0.4, -0.2) is 24.4 Å². The molecule has 1 atom stereocenters. The molecule has 0 radical (unpaired) electrons. The molecule has 3 aromatic rings. The van der Waals surface area contributed by atoms with E-state index in [2.05, 4.69) is 45.0 Å². The number of nitrogens with one attached hydrogen (secondary N) is 2. The number of aromatic nitrogens is 1. The van der Waals surface area contributed by atoms with Gasteiger partial charge in [-0.15, -0.1) is 0 Å². The minimum absolute atomic E-state index is 0.0796. The lowest BCUT2D eigenvalue weighted by Gasteiger charge is -2.30. The zero-order valence-electron chi connectivity index (χ0n) is 16.1. The molecular formula is C22H22N4OS. The van der Waals surface area contributed by atoms with E-state index in [0.29, 0.717) is 5.11 Å². The monoisotopic (exact) mass is 390 g/mol. The maximum absolute atomic E-state index is 5.68. The van der Waals surface area contributed by atoms with Crippen molar-refractivity contribution in [2.75, 3.05) is 19.0 Å². The Balaban J connectivity index is 1.71. The summed E-state index contributed by atoms with van der Waals surface area (Å²) < 4.78 is 5.68. The summed E-state index contributed by atoms with van der Waals surface area (Å²) >= 11 is 5.37. The zero-order valence-corrected chi connectivity index (χ0v) is 16.9. The fourth-order valence-corrected chi connectivity index (χ4v) is 3.66. The third-order valence-electron chi connectivity index (χ3n) is 4.86. The summed E-state index contributed by atoms with van der Waals surface area (Å²) in [5.74, 6) is 0.737. The van der Waals surface area contributed by atoms with Crippen molar-refractivity contribution in [2.24, 2.45) is 0 Å². The van der Waals surface area contributed by atoms with Crippen LogP contribution in [0.15, 0.2) is 70.9 Å². The standard InChI is InChI=1S/C22H22N4OS/c1-14-20(21(24-22(28)23-14)16-7-5-4-6-8-16)18-13-19(27-25-18)15-9-11-17(12-10-15)26(2)3/h4-13,21H,1-3H3,(H2,23,24,28). The van der Waals surface area contributed by atoms with Crippen molar-refractivity contribution in [1.82, 2.24) is 15.8 Å². The Morgan fingerprint density at radius 3 is 2.43 bits per heavy atom. The maximum atomic E-state index is 5.68. The molecule has 2 aromatic carbocycles. The Bertz CT molecular complexity index is 1020. The van der Waals surface area contributed by atoms with Crippen molar-refractivity contribution < 1.29 is 4.52 Å². The molecule has 2 N–H and O–H groups in total. The van der Waals surface area contributed by atoms with E-state index in [1.807, 2.05) is 57.4 Å². The van der Waals surface area contributed by atoms with Crippen LogP contribution in [0.5, 0.6) is 0 Å². The van der Waals surface area contributed by atoms with Crippen LogP contribution in [0.3, 0.4) is 0 Å². The highest BCUT2D eigenvalue weighted by Crippen LogP contribution is 2.35. The lowest BCUT2D eigenvalue weighted by Crippen LogP contribution is -2.42. The number of hydrogen-bond acceptors (Lipinski definition) is 4. The van der Waals surface area contributed by atoms with Gasteiger partial charge in [-0.2, -0.15) is 0 Å². The fourth-order valence-electron chi connectivity index (χ4n) is 3.39. The number of allylic oxidation sites excluding steroid dienone is 1. The molecule has 142 valence electrons. The number of thiocarbonyl (C=S) groups is 1. The minimum atomic E-state index is -0.0796. The zero-order chi connectivity index (χ0) is 19.7. The number of anilines is 1. The molecule has 5 nitrogen and oxygen atoms in total. The summed E-state index contributed by atoms with van der Waals surface area (Å²) in [6.45, 7) is 2.01. The second-order valence-electron chi connectivity index (χ2n) is 7.00. The molecule has 28 heavy (non-hydrogen) atoms. The topological polar surface area (TPSA) is 53.3 Å². The van der Waals surface area contributed by atoms with Gasteiger partial charge in [-0.3, -0.25) is 0 Å². The highest BCUT2D eigenvalue weighted by atomic mass is 32.1. The molecule has 4 rings (SSSR count). The first-order valence-corrected chi connectivity index (χ1v) is 9.52. The molecule has 0 aliphatic carbocycles. The molecule has 0 fully saturated rings. The average molecular weight is 391 g/mol. The van der Waals surface area contributed by atoms with E-state index >= 15 is 0 Å². The van der Waals surface area contributed by atoms with Gasteiger partial charge in [0.05, 0.1) is 6.04 Å². The fraction of sp³-hybridized carbons (Fsp3) is 0.182. The molecule has 1 aliphatic heterocycles. The van der Waals surface area contributed by atoms with E-state index < -0.39 is 0 Å². The van der Waals surface area contributed by atoms with Gasteiger partial charge in [0.1, 0.15) is 5.69 Å². The number of rotatable bonds is 4. The quantitative estimate of drug-likeness (QED) is 0.646. The molecule has 1 aliphatic rings. The maximum Gasteiger partial charge on any atom is 0.171 e. The molecule has 6 heteroatoms. The summed E-state index contributed by atoms with van der Waals surface area (Å²) in [6.07, 6.45) is 0. The van der Waals surface area contributed by atoms with Crippen LogP contribution >= 0.6 is 12.2 Å². The molecule has 1 unspecified atom stereocenters. The first-order valence-electron chi connectivity index (χ1n) is 9.11. The van der Waals surface area contributed by atoms with Crippen LogP contribution in [0.4, 0.5) is 5.69 Å².